The molecule has 2 aromatic carbocycles. The van der Waals surface area contributed by atoms with Crippen molar-refractivity contribution in [3.63, 3.8) is 0 Å². The van der Waals surface area contributed by atoms with Crippen molar-refractivity contribution in [1.82, 2.24) is 4.90 Å². The minimum Gasteiger partial charge on any atom is -0.497 e. The van der Waals surface area contributed by atoms with Crippen molar-refractivity contribution in [2.45, 2.75) is 37.8 Å². The number of benzene rings is 2. The molecule has 3 atom stereocenters. The van der Waals surface area contributed by atoms with Crippen LogP contribution in [-0.2, 0) is 6.54 Å². The number of methoxy groups -OCH3 is 5. The Bertz CT molecular complexity index is 890. The molecule has 2 aromatic rings. The van der Waals surface area contributed by atoms with Gasteiger partial charge >= 0.3 is 0 Å². The van der Waals surface area contributed by atoms with E-state index in [0.29, 0.717) is 23.6 Å². The van der Waals surface area contributed by atoms with Crippen LogP contribution in [0.3, 0.4) is 0 Å². The molecule has 1 heterocycles. The Morgan fingerprint density at radius 1 is 0.806 bits per heavy atom. The first kappa shape index (κ1) is 21.6. The number of nitrogens with zero attached hydrogens (tertiary/aromatic N) is 1. The van der Waals surface area contributed by atoms with Crippen LogP contribution in [0.2, 0.25) is 0 Å². The van der Waals surface area contributed by atoms with Crippen LogP contribution in [0.1, 0.15) is 36.3 Å². The second kappa shape index (κ2) is 9.27. The summed E-state index contributed by atoms with van der Waals surface area (Å²) in [4.78, 5) is 2.62. The van der Waals surface area contributed by atoms with Gasteiger partial charge in [0.2, 0.25) is 5.75 Å². The van der Waals surface area contributed by atoms with Gasteiger partial charge in [-0.3, -0.25) is 4.90 Å². The van der Waals surface area contributed by atoms with E-state index >= 15 is 0 Å². The van der Waals surface area contributed by atoms with Gasteiger partial charge in [-0.25, -0.2) is 0 Å². The van der Waals surface area contributed by atoms with E-state index in [2.05, 4.69) is 23.1 Å². The number of hydrogen-bond acceptors (Lipinski definition) is 6. The summed E-state index contributed by atoms with van der Waals surface area (Å²) in [7, 11) is 8.40. The Hall–Kier alpha value is -2.60. The lowest BCUT2D eigenvalue weighted by Crippen LogP contribution is -2.29. The summed E-state index contributed by atoms with van der Waals surface area (Å²) in [6.45, 7) is 1.87. The molecule has 0 spiro atoms. The van der Waals surface area contributed by atoms with Gasteiger partial charge in [-0.05, 0) is 42.5 Å². The van der Waals surface area contributed by atoms with Gasteiger partial charge in [0.05, 0.1) is 35.5 Å². The van der Waals surface area contributed by atoms with E-state index in [0.717, 1.165) is 36.1 Å². The van der Waals surface area contributed by atoms with Crippen LogP contribution in [-0.4, -0.2) is 53.0 Å². The molecule has 0 aromatic heterocycles. The Morgan fingerprint density at radius 3 is 2.13 bits per heavy atom. The van der Waals surface area contributed by atoms with Crippen LogP contribution < -0.4 is 23.7 Å². The lowest BCUT2D eigenvalue weighted by molar-refractivity contribution is 0.229. The molecular weight excluding hydrogens is 394 g/mol. The average molecular weight is 428 g/mol. The summed E-state index contributed by atoms with van der Waals surface area (Å²) in [6.07, 6.45) is 3.76. The first-order valence-electron chi connectivity index (χ1n) is 10.9. The standard InChI is InChI=1S/C25H33NO5/c1-27-18-10-9-16(22(13-18)28-2)14-26-15-20(19-7-6-8-21(19)26)17-11-23(29-3)25(31-5)24(12-17)30-4/h9-13,19-21H,6-8,14-15H2,1-5H3/t19-,20-,21+/m1/s1. The van der Waals surface area contributed by atoms with Crippen LogP contribution in [0, 0.1) is 5.92 Å². The number of rotatable bonds is 8. The first-order valence-corrected chi connectivity index (χ1v) is 10.9. The maximum atomic E-state index is 5.65. The molecular formula is C25H33NO5. The van der Waals surface area contributed by atoms with E-state index in [4.69, 9.17) is 23.7 Å². The maximum absolute atomic E-state index is 5.65. The van der Waals surface area contributed by atoms with Crippen molar-refractivity contribution in [3.05, 3.63) is 41.5 Å². The molecule has 6 nitrogen and oxygen atoms in total. The van der Waals surface area contributed by atoms with Crippen LogP contribution in [0.5, 0.6) is 28.7 Å². The third-order valence-electron chi connectivity index (χ3n) is 6.93. The molecule has 0 N–H and O–H groups in total. The highest BCUT2D eigenvalue weighted by Gasteiger charge is 2.45. The number of ether oxygens (including phenoxy) is 5. The first-order chi connectivity index (χ1) is 15.1. The Kier molecular flexibility index (Phi) is 6.46. The molecule has 1 aliphatic heterocycles. The summed E-state index contributed by atoms with van der Waals surface area (Å²) in [5, 5.41) is 0. The van der Waals surface area contributed by atoms with Gasteiger partial charge in [0, 0.05) is 36.7 Å². The van der Waals surface area contributed by atoms with E-state index in [1.807, 2.05) is 12.1 Å². The topological polar surface area (TPSA) is 49.4 Å². The predicted octanol–water partition coefficient (Wildman–Crippen LogP) is 4.50. The molecule has 1 saturated carbocycles. The van der Waals surface area contributed by atoms with Crippen molar-refractivity contribution < 1.29 is 23.7 Å². The lowest BCUT2D eigenvalue weighted by atomic mass is 9.86. The molecule has 1 aliphatic carbocycles. The van der Waals surface area contributed by atoms with Crippen LogP contribution in [0.25, 0.3) is 0 Å². The molecule has 31 heavy (non-hydrogen) atoms. The van der Waals surface area contributed by atoms with E-state index in [-0.39, 0.29) is 0 Å². The summed E-state index contributed by atoms with van der Waals surface area (Å²) in [5.74, 6) is 4.86. The van der Waals surface area contributed by atoms with E-state index in [1.54, 1.807) is 35.5 Å². The summed E-state index contributed by atoms with van der Waals surface area (Å²) < 4.78 is 27.8. The smallest absolute Gasteiger partial charge is 0.203 e. The fourth-order valence-electron chi connectivity index (χ4n) is 5.47. The minimum absolute atomic E-state index is 0.436. The van der Waals surface area contributed by atoms with Crippen molar-refractivity contribution in [2.24, 2.45) is 5.92 Å². The maximum Gasteiger partial charge on any atom is 0.203 e. The molecule has 6 heteroatoms. The van der Waals surface area contributed by atoms with Gasteiger partial charge in [-0.15, -0.1) is 0 Å². The molecule has 1 saturated heterocycles. The van der Waals surface area contributed by atoms with Crippen LogP contribution in [0.15, 0.2) is 30.3 Å². The van der Waals surface area contributed by atoms with E-state index in [1.165, 1.54) is 30.4 Å². The monoisotopic (exact) mass is 427 g/mol. The quantitative estimate of drug-likeness (QED) is 0.618. The van der Waals surface area contributed by atoms with E-state index < -0.39 is 0 Å². The zero-order valence-corrected chi connectivity index (χ0v) is 19.1. The fraction of sp³-hybridized carbons (Fsp3) is 0.520. The van der Waals surface area contributed by atoms with Crippen molar-refractivity contribution in [2.75, 3.05) is 42.1 Å². The Labute approximate surface area is 185 Å². The van der Waals surface area contributed by atoms with E-state index in [9.17, 15) is 0 Å². The summed E-state index contributed by atoms with van der Waals surface area (Å²) in [5.41, 5.74) is 2.45. The molecule has 2 fully saturated rings. The van der Waals surface area contributed by atoms with Gasteiger partial charge in [-0.1, -0.05) is 12.5 Å². The van der Waals surface area contributed by atoms with Gasteiger partial charge in [0.1, 0.15) is 11.5 Å². The zero-order chi connectivity index (χ0) is 22.0. The predicted molar refractivity (Wildman–Crippen MR) is 120 cm³/mol. The average Bonchev–Trinajstić information content (AvgIpc) is 3.42. The van der Waals surface area contributed by atoms with Crippen LogP contribution >= 0.6 is 0 Å². The van der Waals surface area contributed by atoms with Gasteiger partial charge in [0.25, 0.3) is 0 Å². The largest absolute Gasteiger partial charge is 0.497 e. The number of fused-ring (bicyclic) bond motifs is 1. The number of likely N-dealkylation sites (tertiary alicyclic amines) is 1. The van der Waals surface area contributed by atoms with Gasteiger partial charge in [0.15, 0.2) is 11.5 Å². The highest BCUT2D eigenvalue weighted by molar-refractivity contribution is 5.55. The normalized spacial score (nSPS) is 22.8. The van der Waals surface area contributed by atoms with Gasteiger partial charge in [-0.2, -0.15) is 0 Å². The summed E-state index contributed by atoms with van der Waals surface area (Å²) in [6, 6.07) is 10.9. The Morgan fingerprint density at radius 2 is 1.52 bits per heavy atom. The second-order valence-corrected chi connectivity index (χ2v) is 8.33. The highest BCUT2D eigenvalue weighted by Crippen LogP contribution is 2.50. The zero-order valence-electron chi connectivity index (χ0n) is 19.1. The molecule has 0 radical (unpaired) electrons. The van der Waals surface area contributed by atoms with Gasteiger partial charge < -0.3 is 23.7 Å². The second-order valence-electron chi connectivity index (χ2n) is 8.33. The lowest BCUT2D eigenvalue weighted by Gasteiger charge is -2.24. The number of hydrogen-bond donors (Lipinski definition) is 0. The molecule has 4 rings (SSSR count). The minimum atomic E-state index is 0.436. The van der Waals surface area contributed by atoms with Crippen molar-refractivity contribution in [3.8, 4) is 28.7 Å². The SMILES string of the molecule is COc1ccc(CN2C[C@H](c3cc(OC)c(OC)c(OC)c3)[C@H]3CCC[C@@H]32)c(OC)c1. The summed E-state index contributed by atoms with van der Waals surface area (Å²) >= 11 is 0. The molecule has 0 bridgehead atoms. The molecule has 0 amide bonds. The third-order valence-corrected chi connectivity index (χ3v) is 6.93. The van der Waals surface area contributed by atoms with Crippen molar-refractivity contribution in [1.29, 1.82) is 0 Å². The third kappa shape index (κ3) is 4.01. The fourth-order valence-corrected chi connectivity index (χ4v) is 5.47. The van der Waals surface area contributed by atoms with Crippen LogP contribution in [0.4, 0.5) is 0 Å². The molecule has 168 valence electrons. The molecule has 2 aliphatic rings. The van der Waals surface area contributed by atoms with Crippen molar-refractivity contribution >= 4 is 0 Å². The molecule has 0 unspecified atom stereocenters. The Balaban J connectivity index is 1.63. The highest BCUT2D eigenvalue weighted by atomic mass is 16.5.